The fourth-order valence-corrected chi connectivity index (χ4v) is 1.75. The molecule has 0 amide bonds. The zero-order valence-corrected chi connectivity index (χ0v) is 9.87. The Bertz CT molecular complexity index is 415. The van der Waals surface area contributed by atoms with Crippen LogP contribution in [0.1, 0.15) is 24.8 Å². The van der Waals surface area contributed by atoms with Crippen molar-refractivity contribution in [3.8, 4) is 0 Å². The third-order valence-corrected chi connectivity index (χ3v) is 2.74. The standard InChI is InChI=1S/C13H16O5/c14-11(15)9-13(18,12(16)17)8-4-7-10-5-2-1-3-6-10/h1-3,5-6,18H,4,7-9H2,(H,14,15)(H,16,17)/t13-/m1/s1. The molecule has 18 heavy (non-hydrogen) atoms. The molecule has 0 unspecified atom stereocenters. The van der Waals surface area contributed by atoms with E-state index in [-0.39, 0.29) is 6.42 Å². The summed E-state index contributed by atoms with van der Waals surface area (Å²) >= 11 is 0. The molecule has 0 aliphatic rings. The lowest BCUT2D eigenvalue weighted by atomic mass is 9.92. The lowest BCUT2D eigenvalue weighted by molar-refractivity contribution is -0.166. The highest BCUT2D eigenvalue weighted by Crippen LogP contribution is 2.19. The fraction of sp³-hybridized carbons (Fsp3) is 0.385. The minimum atomic E-state index is -2.18. The summed E-state index contributed by atoms with van der Waals surface area (Å²) in [7, 11) is 0. The van der Waals surface area contributed by atoms with E-state index in [9.17, 15) is 14.7 Å². The Kier molecular flexibility index (Phi) is 4.85. The van der Waals surface area contributed by atoms with Gasteiger partial charge in [-0.2, -0.15) is 0 Å². The molecule has 0 saturated carbocycles. The molecular weight excluding hydrogens is 236 g/mol. The Balaban J connectivity index is 2.53. The maximum atomic E-state index is 10.9. The summed E-state index contributed by atoms with van der Waals surface area (Å²) in [6, 6.07) is 9.42. The Morgan fingerprint density at radius 3 is 2.22 bits per heavy atom. The monoisotopic (exact) mass is 252 g/mol. The fourth-order valence-electron chi connectivity index (χ4n) is 1.75. The van der Waals surface area contributed by atoms with Crippen LogP contribution in [0.25, 0.3) is 0 Å². The van der Waals surface area contributed by atoms with Gasteiger partial charge in [-0.1, -0.05) is 30.3 Å². The average molecular weight is 252 g/mol. The van der Waals surface area contributed by atoms with Crippen LogP contribution in [0.2, 0.25) is 0 Å². The zero-order chi connectivity index (χ0) is 13.6. The maximum absolute atomic E-state index is 10.9. The van der Waals surface area contributed by atoms with E-state index >= 15 is 0 Å². The highest BCUT2D eigenvalue weighted by molar-refractivity contribution is 5.83. The van der Waals surface area contributed by atoms with Gasteiger partial charge in [-0.15, -0.1) is 0 Å². The van der Waals surface area contributed by atoms with Crippen molar-refractivity contribution < 1.29 is 24.9 Å². The van der Waals surface area contributed by atoms with E-state index in [1.54, 1.807) is 0 Å². The van der Waals surface area contributed by atoms with Crippen molar-refractivity contribution in [2.45, 2.75) is 31.3 Å². The largest absolute Gasteiger partial charge is 0.481 e. The molecule has 0 fully saturated rings. The van der Waals surface area contributed by atoms with Gasteiger partial charge in [-0.05, 0) is 24.8 Å². The molecule has 1 aromatic rings. The van der Waals surface area contributed by atoms with Crippen molar-refractivity contribution in [1.82, 2.24) is 0 Å². The van der Waals surface area contributed by atoms with Gasteiger partial charge in [0, 0.05) is 0 Å². The summed E-state index contributed by atoms with van der Waals surface area (Å²) in [5, 5.41) is 27.2. The van der Waals surface area contributed by atoms with E-state index in [1.165, 1.54) is 0 Å². The molecule has 0 bridgehead atoms. The molecule has 3 N–H and O–H groups in total. The van der Waals surface area contributed by atoms with Crippen LogP contribution in [0.5, 0.6) is 0 Å². The van der Waals surface area contributed by atoms with Gasteiger partial charge in [0.2, 0.25) is 0 Å². The van der Waals surface area contributed by atoms with Crippen molar-refractivity contribution >= 4 is 11.9 Å². The highest BCUT2D eigenvalue weighted by Gasteiger charge is 2.37. The normalized spacial score (nSPS) is 13.8. The molecule has 5 nitrogen and oxygen atoms in total. The van der Waals surface area contributed by atoms with Crippen molar-refractivity contribution in [1.29, 1.82) is 0 Å². The minimum absolute atomic E-state index is 0.0798. The van der Waals surface area contributed by atoms with E-state index < -0.39 is 24.0 Å². The second kappa shape index (κ2) is 6.16. The molecule has 1 atom stereocenters. The summed E-state index contributed by atoms with van der Waals surface area (Å²) in [5.74, 6) is -2.81. The number of aryl methyl sites for hydroxylation is 1. The van der Waals surface area contributed by atoms with Crippen LogP contribution in [0, 0.1) is 0 Å². The molecule has 0 heterocycles. The summed E-state index contributed by atoms with van der Waals surface area (Å²) in [6.45, 7) is 0. The van der Waals surface area contributed by atoms with Crippen LogP contribution in [0.4, 0.5) is 0 Å². The molecule has 0 radical (unpaired) electrons. The van der Waals surface area contributed by atoms with Crippen LogP contribution in [0.3, 0.4) is 0 Å². The van der Waals surface area contributed by atoms with Crippen LogP contribution in [0.15, 0.2) is 30.3 Å². The Hall–Kier alpha value is -1.88. The number of hydrogen-bond acceptors (Lipinski definition) is 3. The third-order valence-electron chi connectivity index (χ3n) is 2.74. The van der Waals surface area contributed by atoms with Gasteiger partial charge in [0.15, 0.2) is 5.60 Å². The van der Waals surface area contributed by atoms with Gasteiger partial charge in [0.1, 0.15) is 0 Å². The van der Waals surface area contributed by atoms with Gasteiger partial charge in [0.05, 0.1) is 6.42 Å². The Morgan fingerprint density at radius 2 is 1.72 bits per heavy atom. The number of carboxylic acids is 2. The summed E-state index contributed by atoms with van der Waals surface area (Å²) < 4.78 is 0. The second-order valence-electron chi connectivity index (χ2n) is 4.25. The molecule has 0 aliphatic carbocycles. The number of hydrogen-bond donors (Lipinski definition) is 3. The number of rotatable bonds is 7. The molecular formula is C13H16O5. The number of aliphatic carboxylic acids is 2. The highest BCUT2D eigenvalue weighted by atomic mass is 16.4. The van der Waals surface area contributed by atoms with E-state index in [4.69, 9.17) is 10.2 Å². The first-order valence-electron chi connectivity index (χ1n) is 5.65. The Morgan fingerprint density at radius 1 is 1.11 bits per heavy atom. The molecule has 98 valence electrons. The van der Waals surface area contributed by atoms with E-state index in [0.717, 1.165) is 5.56 Å². The predicted octanol–water partition coefficient (Wildman–Crippen LogP) is 1.30. The quantitative estimate of drug-likeness (QED) is 0.680. The first-order valence-corrected chi connectivity index (χ1v) is 5.65. The molecule has 0 aromatic heterocycles. The summed E-state index contributed by atoms with van der Waals surface area (Å²) in [5.41, 5.74) is -1.15. The van der Waals surface area contributed by atoms with Gasteiger partial charge in [-0.3, -0.25) is 4.79 Å². The maximum Gasteiger partial charge on any atom is 0.336 e. The van der Waals surface area contributed by atoms with E-state index in [0.29, 0.717) is 12.8 Å². The molecule has 0 saturated heterocycles. The van der Waals surface area contributed by atoms with Crippen LogP contribution >= 0.6 is 0 Å². The minimum Gasteiger partial charge on any atom is -0.481 e. The van der Waals surface area contributed by atoms with Crippen molar-refractivity contribution in [3.63, 3.8) is 0 Å². The predicted molar refractivity (Wildman–Crippen MR) is 64.2 cm³/mol. The summed E-state index contributed by atoms with van der Waals surface area (Å²) in [4.78, 5) is 21.4. The SMILES string of the molecule is O=C(O)C[C@](O)(CCCc1ccccc1)C(=O)O. The smallest absolute Gasteiger partial charge is 0.336 e. The van der Waals surface area contributed by atoms with Crippen molar-refractivity contribution in [3.05, 3.63) is 35.9 Å². The van der Waals surface area contributed by atoms with Gasteiger partial charge in [-0.25, -0.2) is 4.79 Å². The molecule has 1 aromatic carbocycles. The molecule has 1 rings (SSSR count). The second-order valence-corrected chi connectivity index (χ2v) is 4.25. The molecule has 0 aliphatic heterocycles. The lowest BCUT2D eigenvalue weighted by Gasteiger charge is -2.21. The number of aliphatic hydroxyl groups is 1. The molecule has 0 spiro atoms. The first kappa shape index (κ1) is 14.2. The van der Waals surface area contributed by atoms with Crippen LogP contribution in [-0.4, -0.2) is 32.9 Å². The van der Waals surface area contributed by atoms with Crippen molar-refractivity contribution in [2.24, 2.45) is 0 Å². The lowest BCUT2D eigenvalue weighted by Crippen LogP contribution is -2.40. The zero-order valence-electron chi connectivity index (χ0n) is 9.87. The van der Waals surface area contributed by atoms with Crippen LogP contribution in [-0.2, 0) is 16.0 Å². The van der Waals surface area contributed by atoms with Gasteiger partial charge < -0.3 is 15.3 Å². The first-order chi connectivity index (χ1) is 8.44. The van der Waals surface area contributed by atoms with E-state index in [2.05, 4.69) is 0 Å². The van der Waals surface area contributed by atoms with Crippen molar-refractivity contribution in [2.75, 3.05) is 0 Å². The number of carboxylic acid groups (broad SMARTS) is 2. The van der Waals surface area contributed by atoms with Crippen LogP contribution < -0.4 is 0 Å². The number of benzene rings is 1. The van der Waals surface area contributed by atoms with E-state index in [1.807, 2.05) is 30.3 Å². The molecule has 5 heteroatoms. The Labute approximate surface area is 105 Å². The average Bonchev–Trinajstić information content (AvgIpc) is 2.29. The van der Waals surface area contributed by atoms with Gasteiger partial charge >= 0.3 is 11.9 Å². The topological polar surface area (TPSA) is 94.8 Å². The summed E-state index contributed by atoms with van der Waals surface area (Å²) in [6.07, 6.45) is 0.163. The van der Waals surface area contributed by atoms with Gasteiger partial charge in [0.25, 0.3) is 0 Å². The number of carbonyl (C=O) groups is 2. The third kappa shape index (κ3) is 4.18.